The van der Waals surface area contributed by atoms with Crippen molar-refractivity contribution in [2.75, 3.05) is 52.9 Å². The Balaban J connectivity index is 1.24. The number of rotatable bonds is 60. The van der Waals surface area contributed by atoms with E-state index in [1.165, 1.54) is 83.1 Å². The number of carboxylic acid groups (broad SMARTS) is 2. The topological polar surface area (TPSA) is 765 Å². The predicted octanol–water partition coefficient (Wildman–Crippen LogP) is -6.82. The standard InChI is InChI=1S/C88H154N4O44/c1-6-8-10-12-14-16-18-20-22-24-26-28-30-32-48(103)47(92-58(107)33-31-29-27-25-23-21-19-17-15-13-11-9-7-2)43-123-81-70(116)68(114)73(56(41-98)127-81)129-84-72(118)79(136-88(86(121)122)35-50(105)60(90-45(4)101)77(135-88)66(112)55(40-97)133-87(85(119)120)34-49(104)59(89-44(3)100)76(134-87)62(108)51(106)36-93)74(57(42-99)128-84)130-80-61(91-46(5)102)75(64(110)53(38-95)124-80)131-83-71(117)78(65(111)54(39-96)126-83)132-82-69(115)67(113)63(109)52(37-94)125-82/h30,32,47-57,59-84,93-99,103-106,108-118H,6-29,31,33-43H2,1-5H3,(H,89,100)(H,90,101)(H,91,102)(H,92,107)(H,119,120)(H,121,122)/b32-30+/t47-,48+,49?,50?,51+,52?,53?,54?,55+,56?,57?,59+,60+,61?,62+,63-,64-,65-,66+,67-,68+,69?,70?,71?,72?,73+,74-,75+,76?,77?,78-,79+,80-,81+,82+,83-,84-,87+,88-/m0/s1. The molecule has 0 bridgehead atoms. The number of amides is 4. The Morgan fingerprint density at radius 1 is 0.397 bits per heavy atom. The Labute approximate surface area is 789 Å². The average molecular weight is 1970 g/mol. The van der Waals surface area contributed by atoms with E-state index < -0.39 is 339 Å². The van der Waals surface area contributed by atoms with Gasteiger partial charge in [0.05, 0.1) is 89.3 Å². The molecule has 0 spiro atoms. The maximum absolute atomic E-state index is 14.5. The second-order valence-electron chi connectivity index (χ2n) is 36.3. The molecule has 4 amide bonds. The highest BCUT2D eigenvalue weighted by molar-refractivity contribution is 5.78. The number of carbonyl (C=O) groups excluding carboxylic acids is 4. The van der Waals surface area contributed by atoms with Crippen molar-refractivity contribution in [2.45, 2.75) is 453 Å². The SMILES string of the molecule is CCCCCCCCCCCCC/C=C/[C@@H](O)[C@H](CO[C@@H]1OC(CO)[C@@H](O[C@@H]2OC(CO)[C@H](O[C@@H]3OC(CO)[C@H](O)[C@H](O[C@@H]4OC(CO)[C@H](O)[C@H](O[C@H]5OC(CO)[C@H](O)[C@H](O)C5O)C4O)C3NC(C)=O)[C@H](O[C@]3(C(=O)O)CC(O)[C@@H](NC(C)=O)C([C@H](O)[C@@H](CO)O[C@]4(C(=O)O)CC(O)[C@@H](NC(C)=O)C([C@H](O)[C@H](O)CO)O4)O3)C2O)[C@H](O)C1O)NC(=O)CCCCCCCCCCCCCCC. The number of nitrogens with one attached hydrogen (secondary N) is 4. The van der Waals surface area contributed by atoms with Crippen LogP contribution in [0.25, 0.3) is 0 Å². The van der Waals surface area contributed by atoms with E-state index in [-0.39, 0.29) is 6.42 Å². The zero-order chi connectivity index (χ0) is 100. The third-order valence-corrected chi connectivity index (χ3v) is 25.7. The number of aliphatic hydroxyl groups is 22. The summed E-state index contributed by atoms with van der Waals surface area (Å²) in [5.74, 6) is -15.3. The fraction of sp³-hybridized carbons (Fsp3) is 0.909. The number of carboxylic acids is 2. The molecule has 39 atom stereocenters. The van der Waals surface area contributed by atoms with Gasteiger partial charge in [0.2, 0.25) is 23.6 Å². The lowest BCUT2D eigenvalue weighted by Crippen LogP contribution is -2.73. The number of hydrogen-bond acceptors (Lipinski definition) is 42. The highest BCUT2D eigenvalue weighted by atomic mass is 16.8. The fourth-order valence-corrected chi connectivity index (χ4v) is 18.0. The van der Waals surface area contributed by atoms with E-state index in [0.717, 1.165) is 91.4 Å². The van der Waals surface area contributed by atoms with E-state index in [2.05, 4.69) is 35.1 Å². The van der Waals surface area contributed by atoms with Crippen LogP contribution in [-0.4, -0.2) is 449 Å². The van der Waals surface area contributed by atoms with E-state index in [9.17, 15) is 151 Å². The Kier molecular flexibility index (Phi) is 51.0. The summed E-state index contributed by atoms with van der Waals surface area (Å²) in [4.78, 5) is 81.0. The molecule has 7 aliphatic rings. The van der Waals surface area contributed by atoms with Crippen molar-refractivity contribution in [2.24, 2.45) is 0 Å². The summed E-state index contributed by atoms with van der Waals surface area (Å²) < 4.78 is 84.0. The first kappa shape index (κ1) is 118. The molecule has 14 unspecified atom stereocenters. The Morgan fingerprint density at radius 3 is 1.27 bits per heavy atom. The summed E-state index contributed by atoms with van der Waals surface area (Å²) in [6, 6.07) is -7.37. The summed E-state index contributed by atoms with van der Waals surface area (Å²) in [6.45, 7) is -2.48. The minimum atomic E-state index is -3.75. The molecular weight excluding hydrogens is 1820 g/mol. The van der Waals surface area contributed by atoms with Crippen molar-refractivity contribution in [3.8, 4) is 0 Å². The molecule has 136 heavy (non-hydrogen) atoms. The summed E-state index contributed by atoms with van der Waals surface area (Å²) in [6.07, 6.45) is -47.3. The van der Waals surface area contributed by atoms with Crippen molar-refractivity contribution < 1.29 is 218 Å². The Morgan fingerprint density at radius 2 is 0.787 bits per heavy atom. The molecule has 0 aliphatic carbocycles. The van der Waals surface area contributed by atoms with Crippen LogP contribution in [0.1, 0.15) is 214 Å². The van der Waals surface area contributed by atoms with Gasteiger partial charge in [0, 0.05) is 40.0 Å². The second-order valence-corrected chi connectivity index (χ2v) is 36.3. The van der Waals surface area contributed by atoms with Gasteiger partial charge in [-0.25, -0.2) is 9.59 Å². The molecule has 0 radical (unpaired) electrons. The molecule has 28 N–H and O–H groups in total. The van der Waals surface area contributed by atoms with Gasteiger partial charge in [0.25, 0.3) is 11.6 Å². The summed E-state index contributed by atoms with van der Waals surface area (Å²) in [7, 11) is 0. The molecule has 0 aromatic rings. The summed E-state index contributed by atoms with van der Waals surface area (Å²) >= 11 is 0. The highest BCUT2D eigenvalue weighted by Gasteiger charge is 2.65. The van der Waals surface area contributed by atoms with E-state index in [4.69, 9.17) is 66.3 Å². The number of allylic oxidation sites excluding steroid dienone is 1. The average Bonchev–Trinajstić information content (AvgIpc) is 0.741. The number of ether oxygens (including phenoxy) is 14. The van der Waals surface area contributed by atoms with E-state index >= 15 is 0 Å². The van der Waals surface area contributed by atoms with Crippen molar-refractivity contribution >= 4 is 35.6 Å². The van der Waals surface area contributed by atoms with Gasteiger partial charge in [-0.3, -0.25) is 19.2 Å². The van der Waals surface area contributed by atoms with Gasteiger partial charge in [-0.2, -0.15) is 0 Å². The third-order valence-electron chi connectivity index (χ3n) is 25.7. The quantitative estimate of drug-likeness (QED) is 0.0199. The first-order valence-corrected chi connectivity index (χ1v) is 47.7. The second kappa shape index (κ2) is 58.8. The van der Waals surface area contributed by atoms with Gasteiger partial charge < -0.3 is 210 Å². The molecule has 48 heteroatoms. The van der Waals surface area contributed by atoms with Gasteiger partial charge >= 0.3 is 11.9 Å². The molecule has 7 heterocycles. The van der Waals surface area contributed by atoms with Crippen LogP contribution < -0.4 is 21.3 Å². The molecule has 0 saturated carbocycles. The Hall–Kier alpha value is -4.88. The molecule has 790 valence electrons. The third kappa shape index (κ3) is 32.8. The number of aliphatic hydroxyl groups excluding tert-OH is 22. The van der Waals surface area contributed by atoms with Crippen LogP contribution in [0, 0.1) is 0 Å². The zero-order valence-electron chi connectivity index (χ0n) is 77.9. The number of aliphatic carboxylic acids is 2. The first-order chi connectivity index (χ1) is 64.8. The summed E-state index contributed by atoms with van der Waals surface area (Å²) in [5.41, 5.74) is 0. The van der Waals surface area contributed by atoms with Crippen molar-refractivity contribution in [3.05, 3.63) is 12.2 Å². The van der Waals surface area contributed by atoms with Crippen molar-refractivity contribution in [1.29, 1.82) is 0 Å². The summed E-state index contributed by atoms with van der Waals surface area (Å²) in [5, 5.41) is 282. The van der Waals surface area contributed by atoms with Crippen LogP contribution in [-0.2, 0) is 95.1 Å². The van der Waals surface area contributed by atoms with Gasteiger partial charge in [-0.05, 0) is 19.3 Å². The van der Waals surface area contributed by atoms with Crippen LogP contribution in [0.5, 0.6) is 0 Å². The highest BCUT2D eigenvalue weighted by Crippen LogP contribution is 2.44. The molecule has 7 aliphatic heterocycles. The molecule has 7 fully saturated rings. The Bertz CT molecular complexity index is 3500. The fourth-order valence-electron chi connectivity index (χ4n) is 18.0. The molecule has 0 aromatic carbocycles. The molecule has 7 rings (SSSR count). The predicted molar refractivity (Wildman–Crippen MR) is 463 cm³/mol. The molecular formula is C88H154N4O44. The van der Waals surface area contributed by atoms with Gasteiger partial charge in [0.1, 0.15) is 159 Å². The van der Waals surface area contributed by atoms with Crippen LogP contribution in [0.15, 0.2) is 12.2 Å². The van der Waals surface area contributed by atoms with Gasteiger partial charge in [0.15, 0.2) is 31.5 Å². The van der Waals surface area contributed by atoms with Gasteiger partial charge in [-0.15, -0.1) is 0 Å². The van der Waals surface area contributed by atoms with Crippen molar-refractivity contribution in [3.63, 3.8) is 0 Å². The van der Waals surface area contributed by atoms with Crippen LogP contribution in [0.4, 0.5) is 0 Å². The number of carbonyl (C=O) groups is 6. The number of hydrogen-bond donors (Lipinski definition) is 28. The minimum absolute atomic E-state index is 0.0651. The van der Waals surface area contributed by atoms with E-state index in [1.54, 1.807) is 6.08 Å². The van der Waals surface area contributed by atoms with Crippen LogP contribution in [0.3, 0.4) is 0 Å². The van der Waals surface area contributed by atoms with E-state index in [0.29, 0.717) is 12.8 Å². The minimum Gasteiger partial charge on any atom is -0.477 e. The zero-order valence-corrected chi connectivity index (χ0v) is 77.9. The smallest absolute Gasteiger partial charge is 0.364 e. The lowest BCUT2D eigenvalue weighted by atomic mass is 9.87. The van der Waals surface area contributed by atoms with Crippen LogP contribution >= 0.6 is 0 Å². The van der Waals surface area contributed by atoms with Crippen molar-refractivity contribution in [1.82, 2.24) is 21.3 Å². The van der Waals surface area contributed by atoms with E-state index in [1.807, 2.05) is 0 Å². The molecule has 0 aromatic heterocycles. The normalized spacial score (nSPS) is 37.0. The maximum atomic E-state index is 14.5. The van der Waals surface area contributed by atoms with Gasteiger partial charge in [-0.1, -0.05) is 167 Å². The number of unbranched alkanes of at least 4 members (excludes halogenated alkanes) is 23. The molecule has 7 saturated heterocycles. The lowest BCUT2D eigenvalue weighted by molar-refractivity contribution is -0.405. The van der Waals surface area contributed by atoms with Crippen LogP contribution in [0.2, 0.25) is 0 Å². The monoisotopic (exact) mass is 1970 g/mol. The maximum Gasteiger partial charge on any atom is 0.364 e. The first-order valence-electron chi connectivity index (χ1n) is 47.7. The largest absolute Gasteiger partial charge is 0.477 e. The molecule has 48 nitrogen and oxygen atoms in total. The lowest BCUT2D eigenvalue weighted by Gasteiger charge is -2.53.